The third kappa shape index (κ3) is 3.09. The number of nitrogens with one attached hydrogen (secondary N) is 2. The molecule has 0 aliphatic heterocycles. The van der Waals surface area contributed by atoms with Crippen molar-refractivity contribution in [2.24, 2.45) is 0 Å². The maximum atomic E-state index is 12.0. The van der Waals surface area contributed by atoms with Crippen LogP contribution in [0.1, 0.15) is 5.56 Å². The van der Waals surface area contributed by atoms with Crippen molar-refractivity contribution in [3.63, 3.8) is 0 Å². The lowest BCUT2D eigenvalue weighted by Crippen LogP contribution is -2.15. The molecular weight excluding hydrogens is 354 g/mol. The first kappa shape index (κ1) is 14.1. The number of pyridine rings is 2. The van der Waals surface area contributed by atoms with Gasteiger partial charge in [-0.3, -0.25) is 4.79 Å². The molecule has 0 radical (unpaired) electrons. The largest absolute Gasteiger partial charge is 0.379 e. The number of halogens is 2. The predicted molar refractivity (Wildman–Crippen MR) is 88.8 cm³/mol. The predicted octanol–water partition coefficient (Wildman–Crippen LogP) is 3.95. The van der Waals surface area contributed by atoms with Crippen LogP contribution in [-0.4, -0.2) is 9.97 Å². The van der Waals surface area contributed by atoms with Gasteiger partial charge in [-0.15, -0.1) is 0 Å². The number of anilines is 1. The second-order valence-electron chi connectivity index (χ2n) is 4.56. The Kier molecular flexibility index (Phi) is 3.94. The van der Waals surface area contributed by atoms with Crippen molar-refractivity contribution in [2.75, 3.05) is 5.32 Å². The molecule has 0 aliphatic carbocycles. The molecule has 0 atom stereocenters. The Hall–Kier alpha value is -1.85. The smallest absolute Gasteiger partial charge is 0.253 e. The van der Waals surface area contributed by atoms with Crippen molar-refractivity contribution >= 4 is 44.1 Å². The van der Waals surface area contributed by atoms with Crippen molar-refractivity contribution in [3.8, 4) is 0 Å². The molecule has 0 aliphatic rings. The van der Waals surface area contributed by atoms with Gasteiger partial charge in [-0.25, -0.2) is 4.98 Å². The van der Waals surface area contributed by atoms with Crippen LogP contribution in [-0.2, 0) is 6.54 Å². The van der Waals surface area contributed by atoms with Crippen LogP contribution in [0.5, 0.6) is 0 Å². The number of H-pyrrole nitrogens is 1. The van der Waals surface area contributed by atoms with Crippen molar-refractivity contribution in [1.29, 1.82) is 0 Å². The van der Waals surface area contributed by atoms with Gasteiger partial charge in [0.25, 0.3) is 5.56 Å². The Morgan fingerprint density at radius 3 is 2.90 bits per heavy atom. The number of hydrogen-bond donors (Lipinski definition) is 2. The highest BCUT2D eigenvalue weighted by atomic mass is 79.9. The van der Waals surface area contributed by atoms with Crippen LogP contribution in [0.25, 0.3) is 10.9 Å². The Morgan fingerprint density at radius 1 is 1.29 bits per heavy atom. The van der Waals surface area contributed by atoms with Gasteiger partial charge in [-0.05, 0) is 39.5 Å². The van der Waals surface area contributed by atoms with E-state index in [1.54, 1.807) is 6.20 Å². The lowest BCUT2D eigenvalue weighted by molar-refractivity contribution is 1.08. The topological polar surface area (TPSA) is 57.8 Å². The van der Waals surface area contributed by atoms with Crippen LogP contribution < -0.4 is 10.9 Å². The van der Waals surface area contributed by atoms with E-state index in [9.17, 15) is 4.79 Å². The minimum absolute atomic E-state index is 0.0952. The Labute approximate surface area is 134 Å². The van der Waals surface area contributed by atoms with E-state index in [2.05, 4.69) is 31.2 Å². The number of aromatic amines is 1. The number of hydrogen-bond acceptors (Lipinski definition) is 3. The summed E-state index contributed by atoms with van der Waals surface area (Å²) in [5.74, 6) is 0. The third-order valence-electron chi connectivity index (χ3n) is 3.11. The average Bonchev–Trinajstić information content (AvgIpc) is 2.48. The second-order valence-corrected chi connectivity index (χ2v) is 5.77. The van der Waals surface area contributed by atoms with Gasteiger partial charge in [-0.2, -0.15) is 0 Å². The fourth-order valence-corrected chi connectivity index (χ4v) is 2.49. The molecule has 0 bridgehead atoms. The summed E-state index contributed by atoms with van der Waals surface area (Å²) in [6, 6.07) is 11.4. The maximum Gasteiger partial charge on any atom is 0.253 e. The number of benzene rings is 1. The third-order valence-corrected chi connectivity index (χ3v) is 4.24. The molecule has 2 N–H and O–H groups in total. The number of aromatic nitrogens is 2. The van der Waals surface area contributed by atoms with Crippen LogP contribution in [0.2, 0.25) is 5.15 Å². The summed E-state index contributed by atoms with van der Waals surface area (Å²) in [6.07, 6.45) is 1.63. The first-order valence-electron chi connectivity index (χ1n) is 6.29. The Morgan fingerprint density at radius 2 is 2.10 bits per heavy atom. The van der Waals surface area contributed by atoms with Crippen molar-refractivity contribution in [3.05, 3.63) is 68.1 Å². The number of nitrogens with zero attached hydrogens (tertiary/aromatic N) is 1. The molecule has 2 aromatic heterocycles. The van der Waals surface area contributed by atoms with Gasteiger partial charge in [0.2, 0.25) is 0 Å². The SMILES string of the molecule is O=c1[nH]c2ccccc2cc1CNc1cnc(Cl)c(Br)c1. The van der Waals surface area contributed by atoms with Crippen molar-refractivity contribution < 1.29 is 0 Å². The summed E-state index contributed by atoms with van der Waals surface area (Å²) in [7, 11) is 0. The Bertz CT molecular complexity index is 863. The summed E-state index contributed by atoms with van der Waals surface area (Å²) in [6.45, 7) is 0.413. The van der Waals surface area contributed by atoms with Crippen molar-refractivity contribution in [1.82, 2.24) is 9.97 Å². The van der Waals surface area contributed by atoms with Gasteiger partial charge in [0.15, 0.2) is 0 Å². The normalized spacial score (nSPS) is 10.8. The van der Waals surface area contributed by atoms with Gasteiger partial charge in [0, 0.05) is 17.6 Å². The summed E-state index contributed by atoms with van der Waals surface area (Å²) >= 11 is 9.16. The molecule has 0 spiro atoms. The zero-order chi connectivity index (χ0) is 14.8. The molecule has 6 heteroatoms. The maximum absolute atomic E-state index is 12.0. The quantitative estimate of drug-likeness (QED) is 0.692. The lowest BCUT2D eigenvalue weighted by Gasteiger charge is -2.07. The lowest BCUT2D eigenvalue weighted by atomic mass is 10.1. The standard InChI is InChI=1S/C15H11BrClN3O/c16-12-6-11(8-19-14(12)17)18-7-10-5-9-3-1-2-4-13(9)20-15(10)21/h1-6,8,18H,7H2,(H,20,21). The number of rotatable bonds is 3. The highest BCUT2D eigenvalue weighted by molar-refractivity contribution is 9.10. The van der Waals surface area contributed by atoms with Crippen molar-refractivity contribution in [2.45, 2.75) is 6.54 Å². The van der Waals surface area contributed by atoms with Crippen LogP contribution in [0.4, 0.5) is 5.69 Å². The van der Waals surface area contributed by atoms with E-state index < -0.39 is 0 Å². The van der Waals surface area contributed by atoms with E-state index in [1.807, 2.05) is 36.4 Å². The molecule has 3 rings (SSSR count). The zero-order valence-electron chi connectivity index (χ0n) is 10.9. The molecule has 0 unspecified atom stereocenters. The summed E-state index contributed by atoms with van der Waals surface area (Å²) < 4.78 is 0.710. The van der Waals surface area contributed by atoms with Gasteiger partial charge >= 0.3 is 0 Å². The van der Waals surface area contributed by atoms with Gasteiger partial charge in [0.1, 0.15) is 5.15 Å². The molecule has 2 heterocycles. The molecule has 4 nitrogen and oxygen atoms in total. The summed E-state index contributed by atoms with van der Waals surface area (Å²) in [4.78, 5) is 18.9. The molecule has 0 fully saturated rings. The van der Waals surface area contributed by atoms with Gasteiger partial charge < -0.3 is 10.3 Å². The zero-order valence-corrected chi connectivity index (χ0v) is 13.2. The second kappa shape index (κ2) is 5.87. The first-order valence-corrected chi connectivity index (χ1v) is 7.46. The minimum atomic E-state index is -0.0952. The minimum Gasteiger partial charge on any atom is -0.379 e. The summed E-state index contributed by atoms with van der Waals surface area (Å²) in [5, 5.41) is 4.57. The van der Waals surface area contributed by atoms with E-state index in [0.717, 1.165) is 16.6 Å². The monoisotopic (exact) mass is 363 g/mol. The van der Waals surface area contributed by atoms with Crippen LogP contribution in [0.15, 0.2) is 51.9 Å². The van der Waals surface area contributed by atoms with Crippen LogP contribution in [0, 0.1) is 0 Å². The highest BCUT2D eigenvalue weighted by Gasteiger charge is 2.04. The highest BCUT2D eigenvalue weighted by Crippen LogP contribution is 2.23. The summed E-state index contributed by atoms with van der Waals surface area (Å²) in [5.41, 5.74) is 2.20. The molecule has 106 valence electrons. The first-order chi connectivity index (χ1) is 10.1. The van der Waals surface area contributed by atoms with Gasteiger partial charge in [-0.1, -0.05) is 29.8 Å². The molecule has 0 amide bonds. The molecule has 21 heavy (non-hydrogen) atoms. The molecule has 3 aromatic rings. The average molecular weight is 365 g/mol. The van der Waals surface area contributed by atoms with E-state index in [1.165, 1.54) is 0 Å². The molecular formula is C15H11BrClN3O. The van der Waals surface area contributed by atoms with E-state index in [-0.39, 0.29) is 5.56 Å². The van der Waals surface area contributed by atoms with Crippen LogP contribution in [0.3, 0.4) is 0 Å². The fourth-order valence-electron chi connectivity index (χ4n) is 2.04. The van der Waals surface area contributed by atoms with E-state index in [4.69, 9.17) is 11.6 Å². The Balaban J connectivity index is 1.86. The number of para-hydroxylation sites is 1. The fraction of sp³-hybridized carbons (Fsp3) is 0.0667. The van der Waals surface area contributed by atoms with E-state index in [0.29, 0.717) is 21.7 Å². The van der Waals surface area contributed by atoms with E-state index >= 15 is 0 Å². The van der Waals surface area contributed by atoms with Gasteiger partial charge in [0.05, 0.1) is 16.4 Å². The molecule has 0 saturated heterocycles. The molecule has 1 aromatic carbocycles. The molecule has 0 saturated carbocycles. The number of fused-ring (bicyclic) bond motifs is 1. The van der Waals surface area contributed by atoms with Crippen LogP contribution >= 0.6 is 27.5 Å².